The zero-order valence-electron chi connectivity index (χ0n) is 14.6. The Labute approximate surface area is 146 Å². The highest BCUT2D eigenvalue weighted by molar-refractivity contribution is 5.97. The van der Waals surface area contributed by atoms with E-state index in [1.807, 2.05) is 12.1 Å². The predicted molar refractivity (Wildman–Crippen MR) is 97.5 cm³/mol. The van der Waals surface area contributed by atoms with Gasteiger partial charge >= 0.3 is 0 Å². The molecule has 2 aromatic heterocycles. The summed E-state index contributed by atoms with van der Waals surface area (Å²) in [5, 5.41) is 2.87. The van der Waals surface area contributed by atoms with Gasteiger partial charge in [0.05, 0.1) is 17.0 Å². The van der Waals surface area contributed by atoms with E-state index in [2.05, 4.69) is 48.2 Å². The van der Waals surface area contributed by atoms with E-state index in [4.69, 9.17) is 4.98 Å². The van der Waals surface area contributed by atoms with E-state index in [9.17, 15) is 4.79 Å². The van der Waals surface area contributed by atoms with Gasteiger partial charge in [-0.05, 0) is 44.0 Å². The Bertz CT molecular complexity index is 964. The number of hydrogen-bond donors (Lipinski definition) is 2. The number of carbonyl (C=O) groups is 1. The zero-order valence-corrected chi connectivity index (χ0v) is 14.6. The quantitative estimate of drug-likeness (QED) is 0.756. The second-order valence-corrected chi connectivity index (χ2v) is 6.62. The van der Waals surface area contributed by atoms with Crippen LogP contribution in [0.1, 0.15) is 32.7 Å². The molecule has 1 aliphatic heterocycles. The molecule has 3 heterocycles. The predicted octanol–water partition coefficient (Wildman–Crippen LogP) is 3.35. The maximum atomic E-state index is 12.0. The lowest BCUT2D eigenvalue weighted by atomic mass is 9.99. The van der Waals surface area contributed by atoms with Gasteiger partial charge in [-0.2, -0.15) is 0 Å². The Morgan fingerprint density at radius 3 is 2.56 bits per heavy atom. The molecule has 0 unspecified atom stereocenters. The Kier molecular flexibility index (Phi) is 3.64. The molecular formula is C20H20N4O. The fraction of sp³-hybridized carbons (Fsp3) is 0.250. The number of nitrogens with one attached hydrogen (secondary N) is 2. The maximum absolute atomic E-state index is 12.0. The summed E-state index contributed by atoms with van der Waals surface area (Å²) in [4.78, 5) is 24.6. The van der Waals surface area contributed by atoms with Crippen LogP contribution in [-0.4, -0.2) is 27.4 Å². The Morgan fingerprint density at radius 1 is 1.08 bits per heavy atom. The van der Waals surface area contributed by atoms with Crippen LogP contribution in [0.5, 0.6) is 0 Å². The Balaban J connectivity index is 1.80. The lowest BCUT2D eigenvalue weighted by Crippen LogP contribution is -2.31. The molecule has 126 valence electrons. The molecule has 0 radical (unpaired) electrons. The SMILES string of the molecule is Cc1cc(C)c(-c2nccc(-c3cc4c([nH]3)CCNC4=O)n2)c(C)c1. The number of nitrogens with zero attached hydrogens (tertiary/aromatic N) is 2. The number of benzene rings is 1. The number of H-pyrrole nitrogens is 1. The van der Waals surface area contributed by atoms with Crippen molar-refractivity contribution in [1.82, 2.24) is 20.3 Å². The van der Waals surface area contributed by atoms with Crippen molar-refractivity contribution in [1.29, 1.82) is 0 Å². The smallest absolute Gasteiger partial charge is 0.253 e. The van der Waals surface area contributed by atoms with Crippen LogP contribution in [-0.2, 0) is 6.42 Å². The molecule has 0 saturated carbocycles. The van der Waals surface area contributed by atoms with Crippen molar-refractivity contribution in [2.45, 2.75) is 27.2 Å². The third-order valence-electron chi connectivity index (χ3n) is 4.64. The normalized spacial score (nSPS) is 13.5. The molecule has 0 saturated heterocycles. The minimum atomic E-state index is -0.0248. The highest BCUT2D eigenvalue weighted by Gasteiger charge is 2.20. The van der Waals surface area contributed by atoms with Crippen LogP contribution in [0, 0.1) is 20.8 Å². The van der Waals surface area contributed by atoms with Gasteiger partial charge in [0.15, 0.2) is 5.82 Å². The van der Waals surface area contributed by atoms with E-state index >= 15 is 0 Å². The summed E-state index contributed by atoms with van der Waals surface area (Å²) in [7, 11) is 0. The van der Waals surface area contributed by atoms with Crippen molar-refractivity contribution >= 4 is 5.91 Å². The fourth-order valence-electron chi connectivity index (χ4n) is 3.59. The molecule has 3 aromatic rings. The van der Waals surface area contributed by atoms with Gasteiger partial charge in [-0.1, -0.05) is 17.7 Å². The van der Waals surface area contributed by atoms with Crippen molar-refractivity contribution in [3.63, 3.8) is 0 Å². The molecule has 25 heavy (non-hydrogen) atoms. The third-order valence-corrected chi connectivity index (χ3v) is 4.64. The summed E-state index contributed by atoms with van der Waals surface area (Å²) in [6, 6.07) is 8.05. The van der Waals surface area contributed by atoms with Gasteiger partial charge in [0, 0.05) is 30.4 Å². The first kappa shape index (κ1) is 15.6. The van der Waals surface area contributed by atoms with E-state index in [0.29, 0.717) is 17.9 Å². The second kappa shape index (κ2) is 5.84. The van der Waals surface area contributed by atoms with Crippen LogP contribution in [0.3, 0.4) is 0 Å². The van der Waals surface area contributed by atoms with Crippen LogP contribution in [0.2, 0.25) is 0 Å². The monoisotopic (exact) mass is 332 g/mol. The van der Waals surface area contributed by atoms with E-state index in [0.717, 1.165) is 29.1 Å². The van der Waals surface area contributed by atoms with Gasteiger partial charge in [-0.3, -0.25) is 4.79 Å². The zero-order chi connectivity index (χ0) is 17.6. The Morgan fingerprint density at radius 2 is 1.84 bits per heavy atom. The molecular weight excluding hydrogens is 312 g/mol. The van der Waals surface area contributed by atoms with Crippen molar-refractivity contribution in [2.75, 3.05) is 6.54 Å². The fourth-order valence-corrected chi connectivity index (χ4v) is 3.59. The Hall–Kier alpha value is -2.95. The van der Waals surface area contributed by atoms with Crippen molar-refractivity contribution in [2.24, 2.45) is 0 Å². The number of rotatable bonds is 2. The standard InChI is InChI=1S/C20H20N4O/c1-11-8-12(2)18(13(3)9-11)19-21-6-5-16(24-19)17-10-14-15(23-17)4-7-22-20(14)25/h5-6,8-10,23H,4,7H2,1-3H3,(H,22,25). The maximum Gasteiger partial charge on any atom is 0.253 e. The average Bonchev–Trinajstić information content (AvgIpc) is 3.00. The highest BCUT2D eigenvalue weighted by Crippen LogP contribution is 2.28. The number of aromatic amines is 1. The molecule has 0 bridgehead atoms. The topological polar surface area (TPSA) is 70.7 Å². The van der Waals surface area contributed by atoms with Crippen molar-refractivity contribution in [3.05, 3.63) is 58.4 Å². The van der Waals surface area contributed by atoms with Crippen LogP contribution in [0.4, 0.5) is 0 Å². The van der Waals surface area contributed by atoms with Crippen LogP contribution >= 0.6 is 0 Å². The molecule has 2 N–H and O–H groups in total. The number of aryl methyl sites for hydroxylation is 3. The molecule has 4 rings (SSSR count). The van der Waals surface area contributed by atoms with Crippen molar-refractivity contribution in [3.8, 4) is 22.8 Å². The van der Waals surface area contributed by atoms with E-state index in [1.54, 1.807) is 6.20 Å². The largest absolute Gasteiger partial charge is 0.356 e. The van der Waals surface area contributed by atoms with E-state index in [1.165, 1.54) is 16.7 Å². The number of fused-ring (bicyclic) bond motifs is 1. The first-order chi connectivity index (χ1) is 12.0. The number of aromatic nitrogens is 3. The van der Waals surface area contributed by atoms with Crippen LogP contribution in [0.15, 0.2) is 30.5 Å². The third kappa shape index (κ3) is 2.71. The van der Waals surface area contributed by atoms with E-state index in [-0.39, 0.29) is 5.91 Å². The second-order valence-electron chi connectivity index (χ2n) is 6.62. The lowest BCUT2D eigenvalue weighted by molar-refractivity contribution is 0.0946. The molecule has 0 spiro atoms. The van der Waals surface area contributed by atoms with Crippen molar-refractivity contribution < 1.29 is 4.79 Å². The average molecular weight is 332 g/mol. The van der Waals surface area contributed by atoms with Gasteiger partial charge in [-0.15, -0.1) is 0 Å². The minimum Gasteiger partial charge on any atom is -0.356 e. The summed E-state index contributed by atoms with van der Waals surface area (Å²) < 4.78 is 0. The summed E-state index contributed by atoms with van der Waals surface area (Å²) in [6.45, 7) is 6.93. The van der Waals surface area contributed by atoms with Crippen LogP contribution < -0.4 is 5.32 Å². The molecule has 1 amide bonds. The summed E-state index contributed by atoms with van der Waals surface area (Å²) >= 11 is 0. The lowest BCUT2D eigenvalue weighted by Gasteiger charge is -2.11. The molecule has 1 aliphatic rings. The summed E-state index contributed by atoms with van der Waals surface area (Å²) in [5.74, 6) is 0.688. The first-order valence-corrected chi connectivity index (χ1v) is 8.44. The summed E-state index contributed by atoms with van der Waals surface area (Å²) in [6.07, 6.45) is 2.59. The molecule has 5 heteroatoms. The number of amides is 1. The number of carbonyl (C=O) groups excluding carboxylic acids is 1. The van der Waals surface area contributed by atoms with Gasteiger partial charge in [0.1, 0.15) is 0 Å². The molecule has 0 atom stereocenters. The van der Waals surface area contributed by atoms with Gasteiger partial charge < -0.3 is 10.3 Å². The highest BCUT2D eigenvalue weighted by atomic mass is 16.1. The molecule has 1 aromatic carbocycles. The van der Waals surface area contributed by atoms with Gasteiger partial charge in [0.2, 0.25) is 0 Å². The first-order valence-electron chi connectivity index (χ1n) is 8.44. The van der Waals surface area contributed by atoms with Gasteiger partial charge in [0.25, 0.3) is 5.91 Å². The molecule has 0 fully saturated rings. The number of hydrogen-bond acceptors (Lipinski definition) is 3. The minimum absolute atomic E-state index is 0.0248. The molecule has 5 nitrogen and oxygen atoms in total. The van der Waals surface area contributed by atoms with Crippen LogP contribution in [0.25, 0.3) is 22.8 Å². The van der Waals surface area contributed by atoms with E-state index < -0.39 is 0 Å². The molecule has 0 aliphatic carbocycles. The van der Waals surface area contributed by atoms with Gasteiger partial charge in [-0.25, -0.2) is 9.97 Å². The summed E-state index contributed by atoms with van der Waals surface area (Å²) in [5.41, 5.74) is 7.98.